The molecule has 0 amide bonds. The molecule has 0 radical (unpaired) electrons. The lowest BCUT2D eigenvalue weighted by Gasteiger charge is -2.19. The molecule has 0 saturated heterocycles. The molecule has 1 unspecified atom stereocenters. The van der Waals surface area contributed by atoms with E-state index in [9.17, 15) is 0 Å². The standard InChI is InChI=1S/C24H24/c1-18-11-10-16-23(22-14-8-5-9-15-22)24(18)20(3)17-19(2)21-12-6-4-7-13-21/h4-16,19H,3,17H2,1-2H3. The van der Waals surface area contributed by atoms with Gasteiger partial charge in [0.25, 0.3) is 0 Å². The van der Waals surface area contributed by atoms with Gasteiger partial charge in [0.15, 0.2) is 0 Å². The van der Waals surface area contributed by atoms with E-state index < -0.39 is 0 Å². The van der Waals surface area contributed by atoms with Crippen molar-refractivity contribution < 1.29 is 0 Å². The zero-order chi connectivity index (χ0) is 16.9. The number of aryl methyl sites for hydroxylation is 1. The van der Waals surface area contributed by atoms with Crippen LogP contribution in [-0.2, 0) is 0 Å². The third-order valence-corrected chi connectivity index (χ3v) is 4.63. The van der Waals surface area contributed by atoms with Gasteiger partial charge in [-0.15, -0.1) is 0 Å². The van der Waals surface area contributed by atoms with Crippen molar-refractivity contribution in [1.29, 1.82) is 0 Å². The van der Waals surface area contributed by atoms with E-state index in [1.165, 1.54) is 33.4 Å². The highest BCUT2D eigenvalue weighted by atomic mass is 14.2. The van der Waals surface area contributed by atoms with Crippen molar-refractivity contribution in [3.63, 3.8) is 0 Å². The Balaban J connectivity index is 1.93. The highest BCUT2D eigenvalue weighted by molar-refractivity contribution is 5.82. The first-order valence-corrected chi connectivity index (χ1v) is 8.55. The fourth-order valence-corrected chi connectivity index (χ4v) is 3.37. The lowest BCUT2D eigenvalue weighted by Crippen LogP contribution is -1.98. The molecule has 0 nitrogen and oxygen atoms in total. The number of rotatable bonds is 5. The van der Waals surface area contributed by atoms with Crippen LogP contribution in [0, 0.1) is 6.92 Å². The summed E-state index contributed by atoms with van der Waals surface area (Å²) in [6, 6.07) is 27.8. The van der Waals surface area contributed by atoms with Crippen molar-refractivity contribution >= 4 is 5.57 Å². The van der Waals surface area contributed by atoms with E-state index in [1.54, 1.807) is 0 Å². The molecule has 0 heterocycles. The van der Waals surface area contributed by atoms with Gasteiger partial charge in [0.2, 0.25) is 0 Å². The largest absolute Gasteiger partial charge is 0.0952 e. The molecule has 120 valence electrons. The summed E-state index contributed by atoms with van der Waals surface area (Å²) in [5.74, 6) is 0.460. The Morgan fingerprint density at radius 3 is 2.12 bits per heavy atom. The Kier molecular flexibility index (Phi) is 4.96. The van der Waals surface area contributed by atoms with Crippen LogP contribution in [0.5, 0.6) is 0 Å². The number of allylic oxidation sites excluding steroid dienone is 1. The molecule has 0 spiro atoms. The first-order chi connectivity index (χ1) is 11.7. The maximum absolute atomic E-state index is 4.44. The molecule has 3 aromatic rings. The zero-order valence-corrected chi connectivity index (χ0v) is 14.5. The second-order valence-electron chi connectivity index (χ2n) is 6.48. The van der Waals surface area contributed by atoms with Gasteiger partial charge in [0, 0.05) is 0 Å². The van der Waals surface area contributed by atoms with Gasteiger partial charge in [0.05, 0.1) is 0 Å². The maximum atomic E-state index is 4.44. The molecule has 24 heavy (non-hydrogen) atoms. The van der Waals surface area contributed by atoms with Crippen LogP contribution in [0.3, 0.4) is 0 Å². The lowest BCUT2D eigenvalue weighted by atomic mass is 9.86. The molecule has 0 aliphatic rings. The molecule has 0 bridgehead atoms. The second-order valence-corrected chi connectivity index (χ2v) is 6.48. The van der Waals surface area contributed by atoms with Crippen LogP contribution in [0.2, 0.25) is 0 Å². The fraction of sp³-hybridized carbons (Fsp3) is 0.167. The molecule has 0 fully saturated rings. The molecule has 3 aromatic carbocycles. The van der Waals surface area contributed by atoms with E-state index >= 15 is 0 Å². The summed E-state index contributed by atoms with van der Waals surface area (Å²) in [5.41, 5.74) is 7.70. The average molecular weight is 312 g/mol. The molecule has 0 N–H and O–H groups in total. The summed E-state index contributed by atoms with van der Waals surface area (Å²) in [6.45, 7) is 8.90. The summed E-state index contributed by atoms with van der Waals surface area (Å²) in [6.07, 6.45) is 0.967. The van der Waals surface area contributed by atoms with E-state index in [0.717, 1.165) is 6.42 Å². The molecular formula is C24H24. The Bertz CT molecular complexity index is 813. The van der Waals surface area contributed by atoms with Crippen molar-refractivity contribution in [2.75, 3.05) is 0 Å². The van der Waals surface area contributed by atoms with Crippen molar-refractivity contribution in [2.45, 2.75) is 26.2 Å². The van der Waals surface area contributed by atoms with Gasteiger partial charge in [-0.3, -0.25) is 0 Å². The van der Waals surface area contributed by atoms with E-state index in [2.05, 4.69) is 99.3 Å². The SMILES string of the molecule is C=C(CC(C)c1ccccc1)c1c(C)cccc1-c1ccccc1. The van der Waals surface area contributed by atoms with E-state index in [0.29, 0.717) is 5.92 Å². The van der Waals surface area contributed by atoms with E-state index in [1.807, 2.05) is 0 Å². The van der Waals surface area contributed by atoms with E-state index in [4.69, 9.17) is 0 Å². The van der Waals surface area contributed by atoms with Gasteiger partial charge >= 0.3 is 0 Å². The number of hydrogen-bond donors (Lipinski definition) is 0. The van der Waals surface area contributed by atoms with Crippen LogP contribution in [0.25, 0.3) is 16.7 Å². The van der Waals surface area contributed by atoms with Crippen molar-refractivity contribution in [2.24, 2.45) is 0 Å². The van der Waals surface area contributed by atoms with Crippen LogP contribution in [0.1, 0.15) is 36.0 Å². The minimum atomic E-state index is 0.460. The van der Waals surface area contributed by atoms with Gasteiger partial charge in [-0.05, 0) is 52.7 Å². The molecule has 0 saturated carbocycles. The molecule has 0 aliphatic carbocycles. The number of hydrogen-bond acceptors (Lipinski definition) is 0. The summed E-state index contributed by atoms with van der Waals surface area (Å²) in [4.78, 5) is 0. The Morgan fingerprint density at radius 1 is 0.833 bits per heavy atom. The van der Waals surface area contributed by atoms with Gasteiger partial charge in [-0.1, -0.05) is 92.4 Å². The Hall–Kier alpha value is -2.60. The van der Waals surface area contributed by atoms with Crippen molar-refractivity contribution in [1.82, 2.24) is 0 Å². The van der Waals surface area contributed by atoms with Crippen LogP contribution in [0.4, 0.5) is 0 Å². The second kappa shape index (κ2) is 7.31. The minimum Gasteiger partial charge on any atom is -0.0952 e. The van der Waals surface area contributed by atoms with Crippen LogP contribution >= 0.6 is 0 Å². The topological polar surface area (TPSA) is 0 Å². The predicted octanol–water partition coefficient (Wildman–Crippen LogP) is 6.87. The predicted molar refractivity (Wildman–Crippen MR) is 105 cm³/mol. The Morgan fingerprint density at radius 2 is 1.46 bits per heavy atom. The third kappa shape index (κ3) is 3.49. The van der Waals surface area contributed by atoms with Gasteiger partial charge in [-0.25, -0.2) is 0 Å². The average Bonchev–Trinajstić information content (AvgIpc) is 2.62. The first kappa shape index (κ1) is 16.3. The summed E-state index contributed by atoms with van der Waals surface area (Å²) >= 11 is 0. The highest BCUT2D eigenvalue weighted by Gasteiger charge is 2.14. The van der Waals surface area contributed by atoms with Gasteiger partial charge in [0.1, 0.15) is 0 Å². The molecule has 0 heteroatoms. The van der Waals surface area contributed by atoms with Gasteiger partial charge in [-0.2, -0.15) is 0 Å². The van der Waals surface area contributed by atoms with Crippen molar-refractivity contribution in [3.8, 4) is 11.1 Å². The summed E-state index contributed by atoms with van der Waals surface area (Å²) in [5, 5.41) is 0. The lowest BCUT2D eigenvalue weighted by molar-refractivity contribution is 0.792. The minimum absolute atomic E-state index is 0.460. The molecule has 1 atom stereocenters. The fourth-order valence-electron chi connectivity index (χ4n) is 3.37. The van der Waals surface area contributed by atoms with Crippen molar-refractivity contribution in [3.05, 3.63) is 102 Å². The van der Waals surface area contributed by atoms with Crippen LogP contribution in [-0.4, -0.2) is 0 Å². The van der Waals surface area contributed by atoms with Gasteiger partial charge < -0.3 is 0 Å². The highest BCUT2D eigenvalue weighted by Crippen LogP contribution is 2.35. The molecule has 3 rings (SSSR count). The summed E-state index contributed by atoms with van der Waals surface area (Å²) in [7, 11) is 0. The molecule has 0 aliphatic heterocycles. The van der Waals surface area contributed by atoms with Crippen LogP contribution < -0.4 is 0 Å². The molecular weight excluding hydrogens is 288 g/mol. The molecule has 0 aromatic heterocycles. The van der Waals surface area contributed by atoms with E-state index in [-0.39, 0.29) is 0 Å². The number of benzene rings is 3. The zero-order valence-electron chi connectivity index (χ0n) is 14.5. The van der Waals surface area contributed by atoms with Crippen LogP contribution in [0.15, 0.2) is 85.4 Å². The normalized spacial score (nSPS) is 11.9. The maximum Gasteiger partial charge on any atom is -0.0106 e. The Labute approximate surface area is 145 Å². The monoisotopic (exact) mass is 312 g/mol. The third-order valence-electron chi connectivity index (χ3n) is 4.63. The first-order valence-electron chi connectivity index (χ1n) is 8.55. The quantitative estimate of drug-likeness (QED) is 0.482. The summed E-state index contributed by atoms with van der Waals surface area (Å²) < 4.78 is 0. The smallest absolute Gasteiger partial charge is 0.0106 e.